The highest BCUT2D eigenvalue weighted by atomic mass is 31.1. The van der Waals surface area contributed by atoms with E-state index in [-0.39, 0.29) is 0 Å². The molecule has 0 saturated heterocycles. The summed E-state index contributed by atoms with van der Waals surface area (Å²) >= 11 is 0. The van der Waals surface area contributed by atoms with E-state index in [1.165, 1.54) is 88.2 Å². The van der Waals surface area contributed by atoms with Gasteiger partial charge in [-0.15, -0.1) is 0 Å². The van der Waals surface area contributed by atoms with E-state index < -0.39 is 8.25 Å². The number of rotatable bonds is 18. The fourth-order valence-corrected chi connectivity index (χ4v) is 4.47. The minimum Gasteiger partial charge on any atom is -0.222 e. The van der Waals surface area contributed by atoms with Gasteiger partial charge >= 0.3 is 8.25 Å². The molecule has 4 heteroatoms. The number of hydrogen-bond acceptors (Lipinski definition) is 3. The van der Waals surface area contributed by atoms with Crippen LogP contribution < -0.4 is 9.05 Å². The number of hydrogen-bond donors (Lipinski definition) is 0. The first-order valence-electron chi connectivity index (χ1n) is 12.7. The molecular weight excluding hydrogens is 415 g/mol. The summed E-state index contributed by atoms with van der Waals surface area (Å²) in [5, 5.41) is 0. The lowest BCUT2D eigenvalue weighted by atomic mass is 10.1. The Balaban J connectivity index is 1.65. The SMILES string of the molecule is CCCCCCCCc1ccc(O[P+](=O)Oc2ccc(CCCCCCCC)cc2)cc1. The Kier molecular flexibility index (Phi) is 13.8. The molecule has 176 valence electrons. The maximum absolute atomic E-state index is 12.2. The summed E-state index contributed by atoms with van der Waals surface area (Å²) in [6.07, 6.45) is 17.8. The predicted octanol–water partition coefficient (Wildman–Crippen LogP) is 9.61. The largest absolute Gasteiger partial charge is 0.805 e. The highest BCUT2D eigenvalue weighted by Gasteiger charge is 2.24. The van der Waals surface area contributed by atoms with Gasteiger partial charge in [0.1, 0.15) is 0 Å². The Labute approximate surface area is 196 Å². The zero-order chi connectivity index (χ0) is 22.9. The molecule has 0 aliphatic carbocycles. The average molecular weight is 458 g/mol. The van der Waals surface area contributed by atoms with Crippen LogP contribution in [-0.2, 0) is 17.4 Å². The molecule has 0 unspecified atom stereocenters. The summed E-state index contributed by atoms with van der Waals surface area (Å²) in [4.78, 5) is 0. The third kappa shape index (κ3) is 11.7. The third-order valence-electron chi connectivity index (χ3n) is 5.84. The summed E-state index contributed by atoms with van der Waals surface area (Å²) in [5.74, 6) is 1.16. The molecule has 0 bridgehead atoms. The topological polar surface area (TPSA) is 35.5 Å². The minimum absolute atomic E-state index is 0.581. The van der Waals surface area contributed by atoms with Crippen LogP contribution in [0.25, 0.3) is 0 Å². The van der Waals surface area contributed by atoms with E-state index >= 15 is 0 Å². The molecule has 0 fully saturated rings. The first-order chi connectivity index (χ1) is 15.7. The van der Waals surface area contributed by atoms with Gasteiger partial charge in [0.15, 0.2) is 11.5 Å². The highest BCUT2D eigenvalue weighted by Crippen LogP contribution is 2.31. The van der Waals surface area contributed by atoms with E-state index in [1.54, 1.807) is 0 Å². The van der Waals surface area contributed by atoms with Gasteiger partial charge in [0, 0.05) is 4.57 Å². The standard InChI is InChI=1S/C28H42O3P/c1-3-5-7-9-11-13-15-25-17-21-27(22-18-25)30-32(29)31-28-23-19-26(20-24-28)16-14-12-10-8-6-4-2/h17-24H,3-16H2,1-2H3/q+1. The van der Waals surface area contributed by atoms with E-state index in [4.69, 9.17) is 9.05 Å². The van der Waals surface area contributed by atoms with Crippen LogP contribution in [0.5, 0.6) is 11.5 Å². The molecular formula is C28H42O3P+. The molecule has 0 heterocycles. The van der Waals surface area contributed by atoms with Crippen molar-refractivity contribution in [1.82, 2.24) is 0 Å². The lowest BCUT2D eigenvalue weighted by Gasteiger charge is -2.03. The van der Waals surface area contributed by atoms with Crippen molar-refractivity contribution in [3.05, 3.63) is 59.7 Å². The first-order valence-corrected chi connectivity index (χ1v) is 13.8. The second kappa shape index (κ2) is 16.7. The Morgan fingerprint density at radius 2 is 0.875 bits per heavy atom. The van der Waals surface area contributed by atoms with Gasteiger partial charge < -0.3 is 0 Å². The molecule has 0 saturated carbocycles. The van der Waals surface area contributed by atoms with Gasteiger partial charge in [-0.1, -0.05) is 102 Å². The third-order valence-corrected chi connectivity index (χ3v) is 6.56. The Hall–Kier alpha value is -1.86. The summed E-state index contributed by atoms with van der Waals surface area (Å²) in [7, 11) is -2.24. The van der Waals surface area contributed by atoms with Gasteiger partial charge in [0.25, 0.3) is 0 Å². The van der Waals surface area contributed by atoms with Crippen LogP contribution in [0.15, 0.2) is 48.5 Å². The molecule has 0 radical (unpaired) electrons. The molecule has 32 heavy (non-hydrogen) atoms. The van der Waals surface area contributed by atoms with Gasteiger partial charge in [-0.3, -0.25) is 0 Å². The molecule has 0 N–H and O–H groups in total. The lowest BCUT2D eigenvalue weighted by molar-refractivity contribution is 0.415. The van der Waals surface area contributed by atoms with Crippen LogP contribution in [0.3, 0.4) is 0 Å². The molecule has 0 aliphatic rings. The van der Waals surface area contributed by atoms with Crippen molar-refractivity contribution in [2.75, 3.05) is 0 Å². The van der Waals surface area contributed by atoms with E-state index in [1.807, 2.05) is 24.3 Å². The van der Waals surface area contributed by atoms with Gasteiger partial charge in [-0.05, 0) is 61.1 Å². The van der Waals surface area contributed by atoms with Crippen molar-refractivity contribution < 1.29 is 13.6 Å². The van der Waals surface area contributed by atoms with Crippen LogP contribution in [0, 0.1) is 0 Å². The molecule has 0 aliphatic heterocycles. The zero-order valence-corrected chi connectivity index (χ0v) is 21.1. The summed E-state index contributed by atoms with van der Waals surface area (Å²) in [6.45, 7) is 4.49. The van der Waals surface area contributed by atoms with Crippen LogP contribution in [0.1, 0.15) is 102 Å². The van der Waals surface area contributed by atoms with Crippen LogP contribution in [-0.4, -0.2) is 0 Å². The monoisotopic (exact) mass is 457 g/mol. The molecule has 0 aromatic heterocycles. The van der Waals surface area contributed by atoms with Crippen LogP contribution in [0.4, 0.5) is 0 Å². The summed E-state index contributed by atoms with van der Waals surface area (Å²) in [5.41, 5.74) is 2.59. The Morgan fingerprint density at radius 3 is 1.25 bits per heavy atom. The van der Waals surface area contributed by atoms with Crippen molar-refractivity contribution in [2.24, 2.45) is 0 Å². The smallest absolute Gasteiger partial charge is 0.222 e. The number of aryl methyl sites for hydroxylation is 2. The Bertz CT molecular complexity index is 677. The van der Waals surface area contributed by atoms with Crippen LogP contribution >= 0.6 is 8.25 Å². The minimum atomic E-state index is -2.24. The van der Waals surface area contributed by atoms with E-state index in [2.05, 4.69) is 38.1 Å². The molecule has 2 rings (SSSR count). The fraction of sp³-hybridized carbons (Fsp3) is 0.571. The van der Waals surface area contributed by atoms with Crippen molar-refractivity contribution in [2.45, 2.75) is 104 Å². The van der Waals surface area contributed by atoms with Gasteiger partial charge in [-0.25, -0.2) is 9.05 Å². The predicted molar refractivity (Wildman–Crippen MR) is 136 cm³/mol. The molecule has 3 nitrogen and oxygen atoms in total. The van der Waals surface area contributed by atoms with Gasteiger partial charge in [-0.2, -0.15) is 0 Å². The van der Waals surface area contributed by atoms with Crippen molar-refractivity contribution in [3.8, 4) is 11.5 Å². The second-order valence-electron chi connectivity index (χ2n) is 8.73. The zero-order valence-electron chi connectivity index (χ0n) is 20.2. The van der Waals surface area contributed by atoms with Crippen molar-refractivity contribution in [3.63, 3.8) is 0 Å². The van der Waals surface area contributed by atoms with Crippen molar-refractivity contribution >= 4 is 8.25 Å². The molecule has 2 aromatic rings. The quantitative estimate of drug-likeness (QED) is 0.165. The van der Waals surface area contributed by atoms with E-state index in [0.29, 0.717) is 11.5 Å². The Morgan fingerprint density at radius 1 is 0.531 bits per heavy atom. The lowest BCUT2D eigenvalue weighted by Crippen LogP contribution is -1.91. The molecule has 0 atom stereocenters. The summed E-state index contributed by atoms with van der Waals surface area (Å²) < 4.78 is 23.2. The number of unbranched alkanes of at least 4 members (excludes halogenated alkanes) is 10. The normalized spacial score (nSPS) is 10.8. The second-order valence-corrected chi connectivity index (χ2v) is 9.54. The van der Waals surface area contributed by atoms with E-state index in [9.17, 15) is 4.57 Å². The van der Waals surface area contributed by atoms with Crippen LogP contribution in [0.2, 0.25) is 0 Å². The fourth-order valence-electron chi connectivity index (χ4n) is 3.84. The maximum Gasteiger partial charge on any atom is 0.805 e. The maximum atomic E-state index is 12.2. The van der Waals surface area contributed by atoms with Gasteiger partial charge in [0.2, 0.25) is 0 Å². The highest BCUT2D eigenvalue weighted by molar-refractivity contribution is 7.34. The summed E-state index contributed by atoms with van der Waals surface area (Å²) in [6, 6.07) is 15.8. The van der Waals surface area contributed by atoms with Gasteiger partial charge in [0.05, 0.1) is 0 Å². The average Bonchev–Trinajstić information content (AvgIpc) is 2.80. The number of benzene rings is 2. The van der Waals surface area contributed by atoms with Crippen molar-refractivity contribution in [1.29, 1.82) is 0 Å². The van der Waals surface area contributed by atoms with E-state index in [0.717, 1.165) is 12.8 Å². The molecule has 2 aromatic carbocycles. The molecule has 0 spiro atoms. The first kappa shape index (κ1) is 26.4. The molecule has 0 amide bonds.